The summed E-state index contributed by atoms with van der Waals surface area (Å²) in [4.78, 5) is 5.61. The van der Waals surface area contributed by atoms with Crippen molar-refractivity contribution in [1.29, 1.82) is 0 Å². The second-order valence-electron chi connectivity index (χ2n) is 4.02. The van der Waals surface area contributed by atoms with Gasteiger partial charge in [0.2, 0.25) is 0 Å². The third-order valence-corrected chi connectivity index (χ3v) is 2.75. The van der Waals surface area contributed by atoms with Gasteiger partial charge in [-0.2, -0.15) is 0 Å². The largest absolute Gasteiger partial charge is 0.395 e. The fourth-order valence-electron chi connectivity index (χ4n) is 1.79. The van der Waals surface area contributed by atoms with Gasteiger partial charge in [-0.05, 0) is 12.8 Å². The number of hydrogen-bond acceptors (Lipinski definition) is 4. The van der Waals surface area contributed by atoms with Gasteiger partial charge in [0.25, 0.3) is 0 Å². The molecule has 4 nitrogen and oxygen atoms in total. The maximum Gasteiger partial charge on any atom is 0.168 e. The number of aliphatic hydroxyl groups excluding tert-OH is 1. The maximum atomic E-state index is 13.7. The van der Waals surface area contributed by atoms with Crippen molar-refractivity contribution in [3.63, 3.8) is 0 Å². The standard InChI is InChI=1S/C11H15F2N3O/c1-14-10-8(12)6-9(13)11(15-10)16(4-5-17)7-2-3-7/h6-7,17H,2-5H2,1H3,(H,14,15). The van der Waals surface area contributed by atoms with E-state index in [4.69, 9.17) is 5.11 Å². The molecular weight excluding hydrogens is 228 g/mol. The predicted molar refractivity (Wildman–Crippen MR) is 61.2 cm³/mol. The number of nitrogens with zero attached hydrogens (tertiary/aromatic N) is 2. The smallest absolute Gasteiger partial charge is 0.168 e. The van der Waals surface area contributed by atoms with E-state index < -0.39 is 11.6 Å². The predicted octanol–water partition coefficient (Wildman–Crippen LogP) is 1.36. The molecule has 0 saturated heterocycles. The molecule has 1 saturated carbocycles. The fourth-order valence-corrected chi connectivity index (χ4v) is 1.79. The van der Waals surface area contributed by atoms with Gasteiger partial charge in [0.15, 0.2) is 23.3 Å². The molecule has 17 heavy (non-hydrogen) atoms. The first-order valence-electron chi connectivity index (χ1n) is 5.58. The molecular formula is C11H15F2N3O. The molecule has 94 valence electrons. The van der Waals surface area contributed by atoms with Crippen molar-refractivity contribution in [1.82, 2.24) is 4.98 Å². The second kappa shape index (κ2) is 4.83. The van der Waals surface area contributed by atoms with Crippen molar-refractivity contribution in [3.05, 3.63) is 17.7 Å². The van der Waals surface area contributed by atoms with Crippen LogP contribution in [0.3, 0.4) is 0 Å². The highest BCUT2D eigenvalue weighted by Crippen LogP contribution is 2.32. The van der Waals surface area contributed by atoms with E-state index >= 15 is 0 Å². The Bertz CT molecular complexity index is 410. The van der Waals surface area contributed by atoms with Crippen LogP contribution < -0.4 is 10.2 Å². The summed E-state index contributed by atoms with van der Waals surface area (Å²) in [7, 11) is 1.53. The summed E-state index contributed by atoms with van der Waals surface area (Å²) in [6, 6.07) is 1.03. The van der Waals surface area contributed by atoms with Gasteiger partial charge in [0.05, 0.1) is 6.61 Å². The fraction of sp³-hybridized carbons (Fsp3) is 0.545. The monoisotopic (exact) mass is 243 g/mol. The summed E-state index contributed by atoms with van der Waals surface area (Å²) < 4.78 is 26.9. The lowest BCUT2D eigenvalue weighted by atomic mass is 10.3. The molecule has 6 heteroatoms. The minimum Gasteiger partial charge on any atom is -0.395 e. The van der Waals surface area contributed by atoms with E-state index in [0.29, 0.717) is 6.54 Å². The van der Waals surface area contributed by atoms with E-state index in [1.807, 2.05) is 0 Å². The van der Waals surface area contributed by atoms with Gasteiger partial charge < -0.3 is 15.3 Å². The van der Waals surface area contributed by atoms with E-state index in [9.17, 15) is 8.78 Å². The van der Waals surface area contributed by atoms with Crippen LogP contribution in [0.1, 0.15) is 12.8 Å². The summed E-state index contributed by atoms with van der Waals surface area (Å²) in [5.74, 6) is -1.28. The van der Waals surface area contributed by atoms with Crippen LogP contribution in [0.15, 0.2) is 6.07 Å². The maximum absolute atomic E-state index is 13.7. The molecule has 0 amide bonds. The Balaban J connectivity index is 2.34. The van der Waals surface area contributed by atoms with Crippen LogP contribution >= 0.6 is 0 Å². The molecule has 1 aliphatic rings. The third-order valence-electron chi connectivity index (χ3n) is 2.75. The Morgan fingerprint density at radius 2 is 2.18 bits per heavy atom. The minimum absolute atomic E-state index is 0.0185. The first kappa shape index (κ1) is 12.0. The minimum atomic E-state index is -0.714. The third kappa shape index (κ3) is 2.46. The van der Waals surface area contributed by atoms with Crippen LogP contribution in [0.5, 0.6) is 0 Å². The Hall–Kier alpha value is -1.43. The van der Waals surface area contributed by atoms with E-state index in [0.717, 1.165) is 18.9 Å². The molecule has 2 rings (SSSR count). The zero-order chi connectivity index (χ0) is 12.4. The quantitative estimate of drug-likeness (QED) is 0.820. The summed E-state index contributed by atoms with van der Waals surface area (Å²) >= 11 is 0. The average molecular weight is 243 g/mol. The number of pyridine rings is 1. The molecule has 1 fully saturated rings. The van der Waals surface area contributed by atoms with Crippen molar-refractivity contribution >= 4 is 11.6 Å². The van der Waals surface area contributed by atoms with Crippen molar-refractivity contribution in [2.45, 2.75) is 18.9 Å². The molecule has 1 aromatic heterocycles. The van der Waals surface area contributed by atoms with Gasteiger partial charge in [-0.25, -0.2) is 13.8 Å². The highest BCUT2D eigenvalue weighted by Gasteiger charge is 2.31. The van der Waals surface area contributed by atoms with Gasteiger partial charge in [-0.1, -0.05) is 0 Å². The Kier molecular flexibility index (Phi) is 3.42. The average Bonchev–Trinajstić information content (AvgIpc) is 3.11. The summed E-state index contributed by atoms with van der Waals surface area (Å²) in [5, 5.41) is 11.5. The van der Waals surface area contributed by atoms with Crippen LogP contribution in [0, 0.1) is 11.6 Å². The molecule has 0 bridgehead atoms. The van der Waals surface area contributed by atoms with Gasteiger partial charge in [0.1, 0.15) is 0 Å². The van der Waals surface area contributed by atoms with E-state index in [1.165, 1.54) is 7.05 Å². The first-order valence-corrected chi connectivity index (χ1v) is 5.58. The molecule has 2 N–H and O–H groups in total. The Morgan fingerprint density at radius 1 is 1.47 bits per heavy atom. The summed E-state index contributed by atoms with van der Waals surface area (Å²) in [5.41, 5.74) is 0. The normalized spacial score (nSPS) is 14.8. The number of nitrogens with one attached hydrogen (secondary N) is 1. The van der Waals surface area contributed by atoms with E-state index in [2.05, 4.69) is 10.3 Å². The lowest BCUT2D eigenvalue weighted by molar-refractivity contribution is 0.300. The zero-order valence-corrected chi connectivity index (χ0v) is 9.58. The molecule has 0 radical (unpaired) electrons. The van der Waals surface area contributed by atoms with Crippen molar-refractivity contribution < 1.29 is 13.9 Å². The van der Waals surface area contributed by atoms with Gasteiger partial charge in [0, 0.05) is 25.7 Å². The number of rotatable bonds is 5. The summed E-state index contributed by atoms with van der Waals surface area (Å²) in [6.07, 6.45) is 1.90. The highest BCUT2D eigenvalue weighted by atomic mass is 19.1. The van der Waals surface area contributed by atoms with Gasteiger partial charge in [-0.15, -0.1) is 0 Å². The number of anilines is 2. The van der Waals surface area contributed by atoms with Gasteiger partial charge in [-0.3, -0.25) is 0 Å². The molecule has 0 atom stereocenters. The first-order chi connectivity index (χ1) is 8.17. The van der Waals surface area contributed by atoms with Crippen LogP contribution in [0.4, 0.5) is 20.4 Å². The van der Waals surface area contributed by atoms with Crippen LogP contribution in [0.2, 0.25) is 0 Å². The van der Waals surface area contributed by atoms with E-state index in [1.54, 1.807) is 4.90 Å². The van der Waals surface area contributed by atoms with Crippen LogP contribution in [0.25, 0.3) is 0 Å². The Morgan fingerprint density at radius 3 is 2.71 bits per heavy atom. The lowest BCUT2D eigenvalue weighted by Gasteiger charge is -2.23. The SMILES string of the molecule is CNc1nc(N(CCO)C2CC2)c(F)cc1F. The number of hydrogen-bond donors (Lipinski definition) is 2. The van der Waals surface area contributed by atoms with Crippen molar-refractivity contribution in [2.75, 3.05) is 30.4 Å². The molecule has 1 heterocycles. The van der Waals surface area contributed by atoms with Gasteiger partial charge >= 0.3 is 0 Å². The zero-order valence-electron chi connectivity index (χ0n) is 9.58. The molecule has 1 aromatic rings. The number of halogens is 2. The van der Waals surface area contributed by atoms with Crippen LogP contribution in [-0.4, -0.2) is 36.3 Å². The number of aromatic nitrogens is 1. The second-order valence-corrected chi connectivity index (χ2v) is 4.02. The Labute approximate surface area is 98.3 Å². The highest BCUT2D eigenvalue weighted by molar-refractivity contribution is 5.50. The molecule has 0 aromatic carbocycles. The molecule has 0 spiro atoms. The lowest BCUT2D eigenvalue weighted by Crippen LogP contribution is -2.31. The van der Waals surface area contributed by atoms with Crippen molar-refractivity contribution in [2.24, 2.45) is 0 Å². The molecule has 1 aliphatic carbocycles. The number of aliphatic hydroxyl groups is 1. The summed E-state index contributed by atoms with van der Waals surface area (Å²) in [6.45, 7) is 0.229. The topological polar surface area (TPSA) is 48.4 Å². The molecule has 0 aliphatic heterocycles. The van der Waals surface area contributed by atoms with E-state index in [-0.39, 0.29) is 24.3 Å². The van der Waals surface area contributed by atoms with Crippen molar-refractivity contribution in [3.8, 4) is 0 Å². The molecule has 0 unspecified atom stereocenters. The van der Waals surface area contributed by atoms with Crippen LogP contribution in [-0.2, 0) is 0 Å².